The van der Waals surface area contributed by atoms with Gasteiger partial charge in [0.05, 0.1) is 5.69 Å². The van der Waals surface area contributed by atoms with Gasteiger partial charge in [-0.25, -0.2) is 4.68 Å². The van der Waals surface area contributed by atoms with Gasteiger partial charge < -0.3 is 10.6 Å². The van der Waals surface area contributed by atoms with E-state index in [9.17, 15) is 14.4 Å². The maximum absolute atomic E-state index is 12.6. The highest BCUT2D eigenvalue weighted by molar-refractivity contribution is 5.93. The van der Waals surface area contributed by atoms with Gasteiger partial charge in [0.2, 0.25) is 11.8 Å². The summed E-state index contributed by atoms with van der Waals surface area (Å²) in [4.78, 5) is 36.8. The summed E-state index contributed by atoms with van der Waals surface area (Å²) in [6.07, 6.45) is 0.376. The van der Waals surface area contributed by atoms with Crippen LogP contribution >= 0.6 is 0 Å². The summed E-state index contributed by atoms with van der Waals surface area (Å²) in [5.41, 5.74) is 3.14. The average molecular weight is 404 g/mol. The Kier molecular flexibility index (Phi) is 6.41. The van der Waals surface area contributed by atoms with Crippen LogP contribution in [0.25, 0.3) is 11.3 Å². The molecule has 7 nitrogen and oxygen atoms in total. The molecule has 1 heterocycles. The first-order chi connectivity index (χ1) is 14.4. The van der Waals surface area contributed by atoms with Gasteiger partial charge in [-0.1, -0.05) is 37.3 Å². The molecule has 1 atom stereocenters. The van der Waals surface area contributed by atoms with E-state index in [1.807, 2.05) is 43.3 Å². The molecule has 154 valence electrons. The number of benzene rings is 2. The normalized spacial score (nSPS) is 11.6. The Labute approximate surface area is 174 Å². The van der Waals surface area contributed by atoms with Gasteiger partial charge in [0.1, 0.15) is 6.04 Å². The van der Waals surface area contributed by atoms with Gasteiger partial charge in [0, 0.05) is 29.4 Å². The smallest absolute Gasteiger partial charge is 0.267 e. The number of hydrogen-bond donors (Lipinski definition) is 2. The van der Waals surface area contributed by atoms with E-state index in [2.05, 4.69) is 15.7 Å². The molecule has 2 N–H and O–H groups in total. The van der Waals surface area contributed by atoms with E-state index in [1.165, 1.54) is 6.07 Å². The lowest BCUT2D eigenvalue weighted by Crippen LogP contribution is -2.33. The van der Waals surface area contributed by atoms with Gasteiger partial charge >= 0.3 is 0 Å². The first-order valence-corrected chi connectivity index (χ1v) is 9.75. The SMILES string of the molecule is CCC(=O)Nc1cc(-c2ccc(=O)n([C@@H](C)C(=O)Nc3ccccc3)n2)ccc1C. The number of aryl methyl sites for hydroxylation is 1. The number of anilines is 2. The minimum atomic E-state index is -0.803. The summed E-state index contributed by atoms with van der Waals surface area (Å²) in [5, 5.41) is 10.1. The number of nitrogens with one attached hydrogen (secondary N) is 2. The van der Waals surface area contributed by atoms with Crippen molar-refractivity contribution in [2.24, 2.45) is 0 Å². The highest BCUT2D eigenvalue weighted by atomic mass is 16.2. The molecule has 0 saturated carbocycles. The molecule has 0 saturated heterocycles. The summed E-state index contributed by atoms with van der Waals surface area (Å²) < 4.78 is 1.16. The second kappa shape index (κ2) is 9.17. The largest absolute Gasteiger partial charge is 0.326 e. The molecule has 0 aliphatic heterocycles. The van der Waals surface area contributed by atoms with Crippen LogP contribution in [0, 0.1) is 6.92 Å². The molecule has 0 aliphatic rings. The fourth-order valence-electron chi connectivity index (χ4n) is 2.89. The maximum Gasteiger partial charge on any atom is 0.267 e. The number of carbonyl (C=O) groups excluding carboxylic acids is 2. The maximum atomic E-state index is 12.6. The predicted octanol–water partition coefficient (Wildman–Crippen LogP) is 3.77. The summed E-state index contributed by atoms with van der Waals surface area (Å²) in [6.45, 7) is 5.31. The van der Waals surface area contributed by atoms with Crippen molar-refractivity contribution in [1.82, 2.24) is 9.78 Å². The zero-order chi connectivity index (χ0) is 21.7. The zero-order valence-electron chi connectivity index (χ0n) is 17.2. The van der Waals surface area contributed by atoms with Crippen molar-refractivity contribution in [2.75, 3.05) is 10.6 Å². The minimum absolute atomic E-state index is 0.0839. The average Bonchev–Trinajstić information content (AvgIpc) is 2.75. The van der Waals surface area contributed by atoms with Crippen LogP contribution in [0.4, 0.5) is 11.4 Å². The van der Waals surface area contributed by atoms with E-state index in [-0.39, 0.29) is 17.4 Å². The van der Waals surface area contributed by atoms with E-state index < -0.39 is 6.04 Å². The van der Waals surface area contributed by atoms with E-state index in [4.69, 9.17) is 0 Å². The van der Waals surface area contributed by atoms with E-state index in [0.29, 0.717) is 23.5 Å². The highest BCUT2D eigenvalue weighted by Gasteiger charge is 2.18. The lowest BCUT2D eigenvalue weighted by Gasteiger charge is -2.15. The molecule has 0 bridgehead atoms. The van der Waals surface area contributed by atoms with E-state index in [1.54, 1.807) is 32.0 Å². The van der Waals surface area contributed by atoms with Crippen molar-refractivity contribution < 1.29 is 9.59 Å². The molecule has 0 aliphatic carbocycles. The van der Waals surface area contributed by atoms with Crippen molar-refractivity contribution >= 4 is 23.2 Å². The van der Waals surface area contributed by atoms with Crippen molar-refractivity contribution in [3.8, 4) is 11.3 Å². The Hall–Kier alpha value is -3.74. The summed E-state index contributed by atoms with van der Waals surface area (Å²) in [6, 6.07) is 16.8. The monoisotopic (exact) mass is 404 g/mol. The Morgan fingerprint density at radius 1 is 1.03 bits per heavy atom. The lowest BCUT2D eigenvalue weighted by atomic mass is 10.1. The Balaban J connectivity index is 1.90. The number of hydrogen-bond acceptors (Lipinski definition) is 4. The van der Waals surface area contributed by atoms with Gasteiger partial charge in [-0.2, -0.15) is 5.10 Å². The standard InChI is InChI=1S/C23H24N4O3/c1-4-21(28)25-20-14-17(11-10-15(20)2)19-12-13-22(29)27(26-19)16(3)23(30)24-18-8-6-5-7-9-18/h5-14,16H,4H2,1-3H3,(H,24,30)(H,25,28)/t16-/m0/s1. The third-order valence-electron chi connectivity index (χ3n) is 4.74. The quantitative estimate of drug-likeness (QED) is 0.654. The minimum Gasteiger partial charge on any atom is -0.326 e. The Morgan fingerprint density at radius 3 is 2.47 bits per heavy atom. The van der Waals surface area contributed by atoms with Crippen LogP contribution in [0.2, 0.25) is 0 Å². The molecule has 0 spiro atoms. The summed E-state index contributed by atoms with van der Waals surface area (Å²) >= 11 is 0. The molecular weight excluding hydrogens is 380 g/mol. The molecule has 2 amide bonds. The van der Waals surface area contributed by atoms with Crippen LogP contribution in [0.1, 0.15) is 31.9 Å². The number of nitrogens with zero attached hydrogens (tertiary/aromatic N) is 2. The van der Waals surface area contributed by atoms with Gasteiger partial charge in [0.25, 0.3) is 5.56 Å². The predicted molar refractivity (Wildman–Crippen MR) is 117 cm³/mol. The fraction of sp³-hybridized carbons (Fsp3) is 0.217. The molecule has 0 unspecified atom stereocenters. The van der Waals surface area contributed by atoms with Crippen LogP contribution in [-0.4, -0.2) is 21.6 Å². The number of carbonyl (C=O) groups is 2. The first-order valence-electron chi connectivity index (χ1n) is 9.75. The van der Waals surface area contributed by atoms with Crippen molar-refractivity contribution in [1.29, 1.82) is 0 Å². The van der Waals surface area contributed by atoms with Gasteiger partial charge in [-0.3, -0.25) is 14.4 Å². The van der Waals surface area contributed by atoms with Crippen molar-refractivity contribution in [3.05, 3.63) is 76.6 Å². The second-order valence-corrected chi connectivity index (χ2v) is 6.96. The molecule has 2 aromatic carbocycles. The first kappa shape index (κ1) is 21.0. The molecular formula is C23H24N4O3. The number of para-hydroxylation sites is 1. The number of amides is 2. The summed E-state index contributed by atoms with van der Waals surface area (Å²) in [5.74, 6) is -0.424. The van der Waals surface area contributed by atoms with E-state index in [0.717, 1.165) is 15.8 Å². The lowest BCUT2D eigenvalue weighted by molar-refractivity contribution is -0.119. The molecule has 1 aromatic heterocycles. The molecule has 0 radical (unpaired) electrons. The van der Waals surface area contributed by atoms with Crippen LogP contribution in [-0.2, 0) is 9.59 Å². The second-order valence-electron chi connectivity index (χ2n) is 6.96. The fourth-order valence-corrected chi connectivity index (χ4v) is 2.89. The molecule has 0 fully saturated rings. The van der Waals surface area contributed by atoms with Crippen LogP contribution in [0.5, 0.6) is 0 Å². The number of aromatic nitrogens is 2. The topological polar surface area (TPSA) is 93.1 Å². The zero-order valence-corrected chi connectivity index (χ0v) is 17.2. The van der Waals surface area contributed by atoms with Gasteiger partial charge in [0.15, 0.2) is 0 Å². The van der Waals surface area contributed by atoms with Crippen LogP contribution in [0.3, 0.4) is 0 Å². The van der Waals surface area contributed by atoms with Crippen LogP contribution in [0.15, 0.2) is 65.5 Å². The third kappa shape index (κ3) is 4.81. The van der Waals surface area contributed by atoms with Gasteiger partial charge in [-0.05, 0) is 43.7 Å². The Morgan fingerprint density at radius 2 is 1.77 bits per heavy atom. The highest BCUT2D eigenvalue weighted by Crippen LogP contribution is 2.24. The van der Waals surface area contributed by atoms with Crippen LogP contribution < -0.4 is 16.2 Å². The van der Waals surface area contributed by atoms with E-state index >= 15 is 0 Å². The third-order valence-corrected chi connectivity index (χ3v) is 4.74. The van der Waals surface area contributed by atoms with Gasteiger partial charge in [-0.15, -0.1) is 0 Å². The molecule has 3 rings (SSSR count). The Bertz CT molecular complexity index is 1120. The molecule has 30 heavy (non-hydrogen) atoms. The summed E-state index contributed by atoms with van der Waals surface area (Å²) in [7, 11) is 0. The van der Waals surface area contributed by atoms with Crippen molar-refractivity contribution in [2.45, 2.75) is 33.2 Å². The number of rotatable bonds is 6. The molecule has 7 heteroatoms. The molecule has 3 aromatic rings. The van der Waals surface area contributed by atoms with Crippen molar-refractivity contribution in [3.63, 3.8) is 0 Å².